The van der Waals surface area contributed by atoms with Crippen LogP contribution in [0.5, 0.6) is 5.88 Å². The largest absolute Gasteiger partial charge is 0.481 e. The smallest absolute Gasteiger partial charge is 0.299 e. The highest BCUT2D eigenvalue weighted by atomic mass is 19.1. The predicted octanol–water partition coefficient (Wildman–Crippen LogP) is 1.55. The molecule has 0 saturated heterocycles. The lowest BCUT2D eigenvalue weighted by Gasteiger charge is -2.06. The molecule has 1 aromatic heterocycles. The van der Waals surface area contributed by atoms with E-state index in [0.717, 1.165) is 12.3 Å². The van der Waals surface area contributed by atoms with E-state index < -0.39 is 27.9 Å². The number of ketones is 1. The molecule has 0 radical (unpaired) electrons. The maximum absolute atomic E-state index is 13.6. The van der Waals surface area contributed by atoms with Gasteiger partial charge in [0.05, 0.1) is 12.0 Å². The first-order valence-corrected chi connectivity index (χ1v) is 5.14. The summed E-state index contributed by atoms with van der Waals surface area (Å²) in [6.07, 6.45) is 0.910. The van der Waals surface area contributed by atoms with Crippen LogP contribution in [0, 0.1) is 10.1 Å². The van der Waals surface area contributed by atoms with E-state index in [9.17, 15) is 19.3 Å². The van der Waals surface area contributed by atoms with Gasteiger partial charge < -0.3 is 9.64 Å². The highest BCUT2D eigenvalue weighted by Crippen LogP contribution is 2.23. The summed E-state index contributed by atoms with van der Waals surface area (Å²) in [6.45, 7) is 0. The maximum Gasteiger partial charge on any atom is 0.299 e. The Hall–Kier alpha value is -2.51. The molecule has 8 heteroatoms. The Morgan fingerprint density at radius 1 is 1.53 bits per heavy atom. The molecule has 0 aliphatic carbocycles. The zero-order valence-corrected chi connectivity index (χ0v) is 10.6. The number of carbonyl (C=O) groups is 1. The summed E-state index contributed by atoms with van der Waals surface area (Å²) in [4.78, 5) is 26.7. The number of halogens is 1. The lowest BCUT2D eigenvalue weighted by Crippen LogP contribution is -2.11. The maximum atomic E-state index is 13.6. The number of ether oxygens (including phenoxy) is 1. The van der Waals surface area contributed by atoms with Crippen LogP contribution in [0.15, 0.2) is 24.2 Å². The van der Waals surface area contributed by atoms with Crippen LogP contribution in [0.2, 0.25) is 0 Å². The van der Waals surface area contributed by atoms with E-state index in [2.05, 4.69) is 4.98 Å². The van der Waals surface area contributed by atoms with Crippen molar-refractivity contribution >= 4 is 11.5 Å². The van der Waals surface area contributed by atoms with Crippen molar-refractivity contribution in [1.82, 2.24) is 9.88 Å². The molecule has 0 bridgehead atoms. The molecule has 0 unspecified atom stereocenters. The molecule has 1 heterocycles. The molecule has 0 saturated carbocycles. The second kappa shape index (κ2) is 5.89. The van der Waals surface area contributed by atoms with E-state index in [1.807, 2.05) is 0 Å². The number of allylic oxidation sites excluding steroid dienone is 1. The summed E-state index contributed by atoms with van der Waals surface area (Å²) < 4.78 is 18.3. The van der Waals surface area contributed by atoms with Gasteiger partial charge in [-0.15, -0.1) is 0 Å². The van der Waals surface area contributed by atoms with Gasteiger partial charge >= 0.3 is 0 Å². The Kier molecular flexibility index (Phi) is 4.51. The monoisotopic (exact) mass is 269 g/mol. The normalized spacial score (nSPS) is 11.1. The fourth-order valence-electron chi connectivity index (χ4n) is 1.26. The van der Waals surface area contributed by atoms with Gasteiger partial charge in [0.15, 0.2) is 11.5 Å². The summed E-state index contributed by atoms with van der Waals surface area (Å²) in [5.74, 6) is -2.32. The van der Waals surface area contributed by atoms with E-state index in [1.165, 1.54) is 32.2 Å². The van der Waals surface area contributed by atoms with Crippen molar-refractivity contribution in [2.24, 2.45) is 0 Å². The molecular formula is C11H12FN3O4. The molecule has 1 rings (SSSR count). The second-order valence-corrected chi connectivity index (χ2v) is 3.75. The van der Waals surface area contributed by atoms with Crippen LogP contribution >= 0.6 is 0 Å². The number of methoxy groups -OCH3 is 1. The molecule has 102 valence electrons. The van der Waals surface area contributed by atoms with Crippen LogP contribution in [0.3, 0.4) is 0 Å². The first-order chi connectivity index (χ1) is 8.86. The van der Waals surface area contributed by atoms with Crippen molar-refractivity contribution in [2.75, 3.05) is 21.2 Å². The van der Waals surface area contributed by atoms with E-state index in [4.69, 9.17) is 4.74 Å². The molecule has 1 aromatic rings. The Balaban J connectivity index is 3.31. The van der Waals surface area contributed by atoms with Crippen molar-refractivity contribution in [1.29, 1.82) is 0 Å². The fourth-order valence-corrected chi connectivity index (χ4v) is 1.26. The van der Waals surface area contributed by atoms with Gasteiger partial charge in [-0.05, 0) is 0 Å². The van der Waals surface area contributed by atoms with Gasteiger partial charge in [-0.3, -0.25) is 14.9 Å². The van der Waals surface area contributed by atoms with Crippen molar-refractivity contribution in [3.63, 3.8) is 0 Å². The van der Waals surface area contributed by atoms with Gasteiger partial charge in [0.25, 0.3) is 5.69 Å². The van der Waals surface area contributed by atoms with E-state index in [0.29, 0.717) is 0 Å². The number of hydrogen-bond acceptors (Lipinski definition) is 6. The quantitative estimate of drug-likeness (QED) is 0.349. The zero-order valence-electron chi connectivity index (χ0n) is 10.6. The van der Waals surface area contributed by atoms with Crippen LogP contribution in [0.25, 0.3) is 0 Å². The molecule has 0 fully saturated rings. The highest BCUT2D eigenvalue weighted by Gasteiger charge is 2.26. The molecular weight excluding hydrogens is 257 g/mol. The van der Waals surface area contributed by atoms with Crippen LogP contribution in [0.1, 0.15) is 10.5 Å². The van der Waals surface area contributed by atoms with Gasteiger partial charge in [0, 0.05) is 32.4 Å². The predicted molar refractivity (Wildman–Crippen MR) is 64.7 cm³/mol. The third kappa shape index (κ3) is 3.47. The number of rotatable bonds is 5. The Morgan fingerprint density at radius 3 is 2.63 bits per heavy atom. The average molecular weight is 269 g/mol. The van der Waals surface area contributed by atoms with Gasteiger partial charge in [0.1, 0.15) is 0 Å². The standard InChI is InChI=1S/C11H12FN3O4/c1-14(2)6-7(12)11(16)10-8(15(17)18)4-5-9(13-10)19-3/h4-6H,1-3H3. The molecule has 0 atom stereocenters. The highest BCUT2D eigenvalue weighted by molar-refractivity contribution is 6.08. The lowest BCUT2D eigenvalue weighted by atomic mass is 10.2. The van der Waals surface area contributed by atoms with Crippen molar-refractivity contribution < 1.29 is 18.8 Å². The zero-order chi connectivity index (χ0) is 14.6. The second-order valence-electron chi connectivity index (χ2n) is 3.75. The Labute approximate surface area is 108 Å². The lowest BCUT2D eigenvalue weighted by molar-refractivity contribution is -0.385. The summed E-state index contributed by atoms with van der Waals surface area (Å²) >= 11 is 0. The van der Waals surface area contributed by atoms with E-state index in [-0.39, 0.29) is 5.88 Å². The molecule has 19 heavy (non-hydrogen) atoms. The van der Waals surface area contributed by atoms with E-state index >= 15 is 0 Å². The minimum Gasteiger partial charge on any atom is -0.481 e. The van der Waals surface area contributed by atoms with Crippen LogP contribution < -0.4 is 4.74 Å². The SMILES string of the molecule is COc1ccc([N+](=O)[O-])c(C(=O)C(F)=CN(C)C)n1. The minimum absolute atomic E-state index is 0.00777. The summed E-state index contributed by atoms with van der Waals surface area (Å²) in [6, 6.07) is 2.27. The Bertz CT molecular complexity index is 543. The number of nitrogens with zero attached hydrogens (tertiary/aromatic N) is 3. The first kappa shape index (κ1) is 14.6. The van der Waals surface area contributed by atoms with Crippen molar-refractivity contribution in [2.45, 2.75) is 0 Å². The third-order valence-corrected chi connectivity index (χ3v) is 2.06. The topological polar surface area (TPSA) is 85.6 Å². The molecule has 0 aliphatic heterocycles. The molecule has 0 amide bonds. The van der Waals surface area contributed by atoms with Crippen LogP contribution in [0.4, 0.5) is 10.1 Å². The van der Waals surface area contributed by atoms with Gasteiger partial charge in [-0.1, -0.05) is 0 Å². The van der Waals surface area contributed by atoms with Gasteiger partial charge in [0.2, 0.25) is 11.7 Å². The molecule has 0 aromatic carbocycles. The van der Waals surface area contributed by atoms with Gasteiger partial charge in [-0.25, -0.2) is 9.37 Å². The molecule has 0 aliphatic rings. The summed E-state index contributed by atoms with van der Waals surface area (Å²) in [5, 5.41) is 10.8. The number of nitro groups is 1. The van der Waals surface area contributed by atoms with Crippen molar-refractivity contribution in [3.05, 3.63) is 40.0 Å². The fraction of sp³-hybridized carbons (Fsp3) is 0.273. The number of aromatic nitrogens is 1. The molecule has 7 nitrogen and oxygen atoms in total. The number of Topliss-reactive ketones (excluding diaryl/α,β-unsaturated/α-hetero) is 1. The number of carbonyl (C=O) groups excluding carboxylic acids is 1. The minimum atomic E-state index is -1.17. The first-order valence-electron chi connectivity index (χ1n) is 5.14. The summed E-state index contributed by atoms with van der Waals surface area (Å²) in [7, 11) is 4.31. The number of hydrogen-bond donors (Lipinski definition) is 0. The number of pyridine rings is 1. The molecule has 0 N–H and O–H groups in total. The van der Waals surface area contributed by atoms with E-state index in [1.54, 1.807) is 0 Å². The third-order valence-electron chi connectivity index (χ3n) is 2.06. The van der Waals surface area contributed by atoms with Gasteiger partial charge in [-0.2, -0.15) is 0 Å². The van der Waals surface area contributed by atoms with Crippen LogP contribution in [-0.2, 0) is 0 Å². The summed E-state index contributed by atoms with van der Waals surface area (Å²) in [5.41, 5.74) is -1.17. The Morgan fingerprint density at radius 2 is 2.16 bits per heavy atom. The average Bonchev–Trinajstić information content (AvgIpc) is 2.36. The van der Waals surface area contributed by atoms with Crippen LogP contribution in [-0.4, -0.2) is 41.8 Å². The molecule has 0 spiro atoms. The van der Waals surface area contributed by atoms with Crippen molar-refractivity contribution in [3.8, 4) is 5.88 Å².